The number of rotatable bonds is 0. The van der Waals surface area contributed by atoms with Crippen LogP contribution < -0.4 is 5.32 Å². The van der Waals surface area contributed by atoms with Crippen LogP contribution in [0.2, 0.25) is 0 Å². The highest BCUT2D eigenvalue weighted by atomic mass is 19.1. The summed E-state index contributed by atoms with van der Waals surface area (Å²) < 4.78 is 13.8. The molecule has 1 aliphatic heterocycles. The van der Waals surface area contributed by atoms with Crippen molar-refractivity contribution in [2.24, 2.45) is 0 Å². The standard InChI is InChI=1S/C13H10FNO/c14-11-7-8-5-6-12(16)15-13(8)10-4-2-1-3-9(10)11/h1-4,7H,5-6H2,(H,15,16). The van der Waals surface area contributed by atoms with E-state index in [1.165, 1.54) is 6.07 Å². The van der Waals surface area contributed by atoms with Crippen LogP contribution in [-0.2, 0) is 11.2 Å². The van der Waals surface area contributed by atoms with E-state index in [-0.39, 0.29) is 11.7 Å². The summed E-state index contributed by atoms with van der Waals surface area (Å²) in [5, 5.41) is 4.17. The van der Waals surface area contributed by atoms with E-state index in [0.29, 0.717) is 18.2 Å². The second kappa shape index (κ2) is 3.30. The molecule has 0 aromatic heterocycles. The van der Waals surface area contributed by atoms with Crippen LogP contribution in [0.4, 0.5) is 10.1 Å². The zero-order valence-corrected chi connectivity index (χ0v) is 8.59. The molecular weight excluding hydrogens is 205 g/mol. The van der Waals surface area contributed by atoms with Crippen LogP contribution in [0, 0.1) is 5.82 Å². The van der Waals surface area contributed by atoms with Crippen molar-refractivity contribution >= 4 is 22.4 Å². The zero-order chi connectivity index (χ0) is 11.1. The van der Waals surface area contributed by atoms with Crippen molar-refractivity contribution in [3.8, 4) is 0 Å². The molecule has 1 aliphatic rings. The second-order valence-corrected chi connectivity index (χ2v) is 3.99. The van der Waals surface area contributed by atoms with Crippen LogP contribution in [0.25, 0.3) is 10.8 Å². The minimum absolute atomic E-state index is 0.00395. The summed E-state index contributed by atoms with van der Waals surface area (Å²) in [5.41, 5.74) is 1.66. The number of hydrogen-bond acceptors (Lipinski definition) is 1. The van der Waals surface area contributed by atoms with E-state index in [9.17, 15) is 9.18 Å². The molecule has 0 atom stereocenters. The first kappa shape index (κ1) is 9.33. The molecule has 80 valence electrons. The lowest BCUT2D eigenvalue weighted by atomic mass is 9.97. The lowest BCUT2D eigenvalue weighted by molar-refractivity contribution is -0.116. The Labute approximate surface area is 92.1 Å². The first-order chi connectivity index (χ1) is 7.75. The first-order valence-electron chi connectivity index (χ1n) is 5.25. The van der Waals surface area contributed by atoms with Gasteiger partial charge in [0.15, 0.2) is 0 Å². The number of halogens is 1. The van der Waals surface area contributed by atoms with E-state index >= 15 is 0 Å². The van der Waals surface area contributed by atoms with Gasteiger partial charge >= 0.3 is 0 Å². The number of aryl methyl sites for hydroxylation is 1. The maximum atomic E-state index is 13.8. The molecule has 0 fully saturated rings. The summed E-state index contributed by atoms with van der Waals surface area (Å²) in [5.74, 6) is -0.213. The van der Waals surface area contributed by atoms with Gasteiger partial charge in [-0.1, -0.05) is 24.3 Å². The molecule has 3 rings (SSSR count). The molecule has 0 saturated heterocycles. The molecule has 0 aliphatic carbocycles. The van der Waals surface area contributed by atoms with Gasteiger partial charge in [0.1, 0.15) is 5.82 Å². The molecule has 0 saturated carbocycles. The number of carbonyl (C=O) groups is 1. The topological polar surface area (TPSA) is 29.1 Å². The predicted octanol–water partition coefficient (Wildman–Crippen LogP) is 2.86. The van der Waals surface area contributed by atoms with Gasteiger partial charge in [0.25, 0.3) is 0 Å². The molecule has 0 radical (unpaired) electrons. The average molecular weight is 215 g/mol. The number of benzene rings is 2. The Morgan fingerprint density at radius 3 is 2.69 bits per heavy atom. The van der Waals surface area contributed by atoms with Crippen molar-refractivity contribution in [2.75, 3.05) is 5.32 Å². The lowest BCUT2D eigenvalue weighted by Crippen LogP contribution is -2.19. The van der Waals surface area contributed by atoms with Gasteiger partial charge < -0.3 is 5.32 Å². The Morgan fingerprint density at radius 1 is 1.12 bits per heavy atom. The van der Waals surface area contributed by atoms with E-state index in [1.807, 2.05) is 12.1 Å². The van der Waals surface area contributed by atoms with Crippen LogP contribution >= 0.6 is 0 Å². The van der Waals surface area contributed by atoms with Gasteiger partial charge in [0, 0.05) is 17.2 Å². The predicted molar refractivity (Wildman–Crippen MR) is 60.9 cm³/mol. The summed E-state index contributed by atoms with van der Waals surface area (Å²) >= 11 is 0. The van der Waals surface area contributed by atoms with Gasteiger partial charge in [0.05, 0.1) is 5.69 Å². The summed E-state index contributed by atoms with van der Waals surface area (Å²) in [6.07, 6.45) is 1.05. The largest absolute Gasteiger partial charge is 0.325 e. The van der Waals surface area contributed by atoms with Gasteiger partial charge in [-0.3, -0.25) is 4.79 Å². The number of hydrogen-bond donors (Lipinski definition) is 1. The van der Waals surface area contributed by atoms with Gasteiger partial charge in [-0.05, 0) is 18.1 Å². The third-order valence-electron chi connectivity index (χ3n) is 2.96. The molecular formula is C13H10FNO. The number of carbonyl (C=O) groups excluding carboxylic acids is 1. The SMILES string of the molecule is O=C1CCc2cc(F)c3ccccc3c2N1. The smallest absolute Gasteiger partial charge is 0.224 e. The van der Waals surface area contributed by atoms with Crippen LogP contribution in [0.5, 0.6) is 0 Å². The quantitative estimate of drug-likeness (QED) is 0.719. The normalized spacial score (nSPS) is 14.7. The monoisotopic (exact) mass is 215 g/mol. The summed E-state index contributed by atoms with van der Waals surface area (Å²) in [7, 11) is 0. The highest BCUT2D eigenvalue weighted by Gasteiger charge is 2.18. The van der Waals surface area contributed by atoms with Crippen molar-refractivity contribution in [1.29, 1.82) is 0 Å². The van der Waals surface area contributed by atoms with E-state index in [0.717, 1.165) is 16.6 Å². The molecule has 2 nitrogen and oxygen atoms in total. The molecule has 0 unspecified atom stereocenters. The van der Waals surface area contributed by atoms with E-state index in [1.54, 1.807) is 12.1 Å². The Kier molecular flexibility index (Phi) is 1.93. The number of fused-ring (bicyclic) bond motifs is 3. The maximum absolute atomic E-state index is 13.8. The number of anilines is 1. The van der Waals surface area contributed by atoms with Gasteiger partial charge in [-0.2, -0.15) is 0 Å². The van der Waals surface area contributed by atoms with Crippen LogP contribution in [0.15, 0.2) is 30.3 Å². The Morgan fingerprint density at radius 2 is 1.88 bits per heavy atom. The van der Waals surface area contributed by atoms with Crippen LogP contribution in [0.3, 0.4) is 0 Å². The number of nitrogens with one attached hydrogen (secondary N) is 1. The minimum atomic E-state index is -0.217. The third-order valence-corrected chi connectivity index (χ3v) is 2.96. The Balaban J connectivity index is 2.37. The van der Waals surface area contributed by atoms with Crippen molar-refractivity contribution in [1.82, 2.24) is 0 Å². The van der Waals surface area contributed by atoms with Crippen LogP contribution in [-0.4, -0.2) is 5.91 Å². The minimum Gasteiger partial charge on any atom is -0.325 e. The molecule has 16 heavy (non-hydrogen) atoms. The van der Waals surface area contributed by atoms with Crippen molar-refractivity contribution in [3.63, 3.8) is 0 Å². The fourth-order valence-electron chi connectivity index (χ4n) is 2.18. The van der Waals surface area contributed by atoms with Gasteiger partial charge in [-0.25, -0.2) is 4.39 Å². The molecule has 2 aromatic carbocycles. The van der Waals surface area contributed by atoms with E-state index in [4.69, 9.17) is 0 Å². The summed E-state index contributed by atoms with van der Waals surface area (Å²) in [6, 6.07) is 8.73. The lowest BCUT2D eigenvalue weighted by Gasteiger charge is -2.19. The molecule has 1 N–H and O–H groups in total. The number of amides is 1. The van der Waals surface area contributed by atoms with Crippen LogP contribution in [0.1, 0.15) is 12.0 Å². The third kappa shape index (κ3) is 1.28. The van der Waals surface area contributed by atoms with Crippen molar-refractivity contribution in [2.45, 2.75) is 12.8 Å². The fraction of sp³-hybridized carbons (Fsp3) is 0.154. The van der Waals surface area contributed by atoms with Gasteiger partial charge in [0.2, 0.25) is 5.91 Å². The zero-order valence-electron chi connectivity index (χ0n) is 8.59. The Bertz CT molecular complexity index is 592. The molecule has 0 bridgehead atoms. The maximum Gasteiger partial charge on any atom is 0.224 e. The van der Waals surface area contributed by atoms with Crippen molar-refractivity contribution < 1.29 is 9.18 Å². The molecule has 1 heterocycles. The summed E-state index contributed by atoms with van der Waals surface area (Å²) in [6.45, 7) is 0. The highest BCUT2D eigenvalue weighted by Crippen LogP contribution is 2.32. The van der Waals surface area contributed by atoms with E-state index < -0.39 is 0 Å². The highest BCUT2D eigenvalue weighted by molar-refractivity contribution is 6.05. The van der Waals surface area contributed by atoms with E-state index in [2.05, 4.69) is 5.32 Å². The Hall–Kier alpha value is -1.90. The average Bonchev–Trinajstić information content (AvgIpc) is 2.31. The molecule has 3 heteroatoms. The molecule has 0 spiro atoms. The summed E-state index contributed by atoms with van der Waals surface area (Å²) in [4.78, 5) is 11.3. The van der Waals surface area contributed by atoms with Crippen molar-refractivity contribution in [3.05, 3.63) is 41.7 Å². The second-order valence-electron chi connectivity index (χ2n) is 3.99. The molecule has 2 aromatic rings. The molecule has 1 amide bonds. The van der Waals surface area contributed by atoms with Gasteiger partial charge in [-0.15, -0.1) is 0 Å². The fourth-order valence-corrected chi connectivity index (χ4v) is 2.18. The first-order valence-corrected chi connectivity index (χ1v) is 5.25.